The highest BCUT2D eigenvalue weighted by Gasteiger charge is 2.11. The van der Waals surface area contributed by atoms with Crippen molar-refractivity contribution in [2.75, 3.05) is 0 Å². The van der Waals surface area contributed by atoms with Gasteiger partial charge in [-0.3, -0.25) is 0 Å². The van der Waals surface area contributed by atoms with Crippen molar-refractivity contribution in [3.8, 4) is 0 Å². The van der Waals surface area contributed by atoms with E-state index in [0.717, 1.165) is 18.4 Å². The molecule has 0 fully saturated rings. The summed E-state index contributed by atoms with van der Waals surface area (Å²) in [6, 6.07) is 4.89. The Morgan fingerprint density at radius 2 is 2.23 bits per heavy atom. The van der Waals surface area contributed by atoms with Crippen LogP contribution in [-0.4, -0.2) is 0 Å². The van der Waals surface area contributed by atoms with E-state index in [9.17, 15) is 4.39 Å². The van der Waals surface area contributed by atoms with Gasteiger partial charge >= 0.3 is 0 Å². The van der Waals surface area contributed by atoms with Gasteiger partial charge in [-0.1, -0.05) is 25.5 Å². The summed E-state index contributed by atoms with van der Waals surface area (Å²) >= 11 is 3.20. The molecule has 72 valence electrons. The molecule has 0 radical (unpaired) electrons. The molecule has 0 saturated carbocycles. The van der Waals surface area contributed by atoms with Crippen molar-refractivity contribution in [2.45, 2.75) is 25.8 Å². The van der Waals surface area contributed by atoms with Crippen molar-refractivity contribution in [1.82, 2.24) is 0 Å². The fourth-order valence-electron chi connectivity index (χ4n) is 1.27. The topological polar surface area (TPSA) is 26.0 Å². The molecule has 0 aliphatic heterocycles. The number of benzene rings is 1. The number of halogens is 2. The first-order chi connectivity index (χ1) is 6.16. The number of rotatable bonds is 3. The van der Waals surface area contributed by atoms with Gasteiger partial charge in [-0.2, -0.15) is 0 Å². The van der Waals surface area contributed by atoms with E-state index >= 15 is 0 Å². The van der Waals surface area contributed by atoms with E-state index in [1.54, 1.807) is 6.07 Å². The first kappa shape index (κ1) is 10.7. The molecule has 3 heteroatoms. The molecule has 0 amide bonds. The molecule has 0 unspecified atom stereocenters. The molecule has 0 bridgehead atoms. The second-order valence-electron chi connectivity index (χ2n) is 3.04. The van der Waals surface area contributed by atoms with Gasteiger partial charge in [0.15, 0.2) is 0 Å². The molecule has 1 aromatic carbocycles. The highest BCUT2D eigenvalue weighted by atomic mass is 79.9. The lowest BCUT2D eigenvalue weighted by molar-refractivity contribution is 0.597. The van der Waals surface area contributed by atoms with Crippen LogP contribution in [0.15, 0.2) is 22.7 Å². The van der Waals surface area contributed by atoms with Crippen LogP contribution in [0, 0.1) is 5.82 Å². The predicted octanol–water partition coefficient (Wildman–Crippen LogP) is 3.39. The third kappa shape index (κ3) is 2.51. The van der Waals surface area contributed by atoms with Crippen LogP contribution in [-0.2, 0) is 0 Å². The Morgan fingerprint density at radius 3 is 2.85 bits per heavy atom. The highest BCUT2D eigenvalue weighted by molar-refractivity contribution is 9.10. The standard InChI is InChI=1S/C10H13BrFN/c1-2-4-9(13)7-5-3-6-8(12)10(7)11/h3,5-6,9H,2,4,13H2,1H3/t9-/m0/s1. The van der Waals surface area contributed by atoms with Crippen molar-refractivity contribution < 1.29 is 4.39 Å². The first-order valence-electron chi connectivity index (χ1n) is 4.36. The molecule has 0 saturated heterocycles. The summed E-state index contributed by atoms with van der Waals surface area (Å²) in [6.45, 7) is 2.06. The van der Waals surface area contributed by atoms with Gasteiger partial charge in [0.05, 0.1) is 4.47 Å². The zero-order chi connectivity index (χ0) is 9.84. The monoisotopic (exact) mass is 245 g/mol. The Morgan fingerprint density at radius 1 is 1.54 bits per heavy atom. The van der Waals surface area contributed by atoms with E-state index in [0.29, 0.717) is 4.47 Å². The highest BCUT2D eigenvalue weighted by Crippen LogP contribution is 2.26. The van der Waals surface area contributed by atoms with Crippen LogP contribution in [0.4, 0.5) is 4.39 Å². The summed E-state index contributed by atoms with van der Waals surface area (Å²) in [5.74, 6) is -0.246. The Kier molecular flexibility index (Phi) is 3.88. The lowest BCUT2D eigenvalue weighted by Gasteiger charge is -2.12. The van der Waals surface area contributed by atoms with E-state index < -0.39 is 0 Å². The fraction of sp³-hybridized carbons (Fsp3) is 0.400. The quantitative estimate of drug-likeness (QED) is 0.869. The van der Waals surface area contributed by atoms with Gasteiger partial charge in [-0.15, -0.1) is 0 Å². The van der Waals surface area contributed by atoms with E-state index in [4.69, 9.17) is 5.73 Å². The van der Waals surface area contributed by atoms with Crippen LogP contribution in [0.25, 0.3) is 0 Å². The first-order valence-corrected chi connectivity index (χ1v) is 5.15. The molecule has 1 nitrogen and oxygen atoms in total. The van der Waals surface area contributed by atoms with Crippen molar-refractivity contribution in [2.24, 2.45) is 5.73 Å². The van der Waals surface area contributed by atoms with E-state index in [1.165, 1.54) is 6.07 Å². The molecule has 13 heavy (non-hydrogen) atoms. The lowest BCUT2D eigenvalue weighted by Crippen LogP contribution is -2.10. The lowest BCUT2D eigenvalue weighted by atomic mass is 10.0. The smallest absolute Gasteiger partial charge is 0.137 e. The SMILES string of the molecule is CCC[C@H](N)c1cccc(F)c1Br. The third-order valence-corrected chi connectivity index (χ3v) is 2.82. The van der Waals surface area contributed by atoms with Crippen molar-refractivity contribution in [3.63, 3.8) is 0 Å². The van der Waals surface area contributed by atoms with Crippen LogP contribution in [0.3, 0.4) is 0 Å². The van der Waals surface area contributed by atoms with E-state index in [-0.39, 0.29) is 11.9 Å². The Balaban J connectivity index is 2.93. The summed E-state index contributed by atoms with van der Waals surface area (Å²) in [5, 5.41) is 0. The van der Waals surface area contributed by atoms with Crippen molar-refractivity contribution in [3.05, 3.63) is 34.1 Å². The zero-order valence-corrected chi connectivity index (χ0v) is 9.14. The molecule has 0 heterocycles. The van der Waals surface area contributed by atoms with Crippen LogP contribution < -0.4 is 5.73 Å². The minimum absolute atomic E-state index is 0.0740. The Bertz CT molecular complexity index is 288. The second-order valence-corrected chi connectivity index (χ2v) is 3.83. The van der Waals surface area contributed by atoms with Gasteiger partial charge in [0.1, 0.15) is 5.82 Å². The van der Waals surface area contributed by atoms with Crippen LogP contribution >= 0.6 is 15.9 Å². The zero-order valence-electron chi connectivity index (χ0n) is 7.56. The van der Waals surface area contributed by atoms with Gasteiger partial charge in [-0.25, -0.2) is 4.39 Å². The summed E-state index contributed by atoms with van der Waals surface area (Å²) < 4.78 is 13.6. The molecular formula is C10H13BrFN. The minimum atomic E-state index is -0.246. The summed E-state index contributed by atoms with van der Waals surface area (Å²) in [4.78, 5) is 0. The number of hydrogen-bond donors (Lipinski definition) is 1. The molecule has 1 aromatic rings. The average Bonchev–Trinajstić information content (AvgIpc) is 2.10. The maximum absolute atomic E-state index is 13.1. The van der Waals surface area contributed by atoms with Crippen LogP contribution in [0.2, 0.25) is 0 Å². The summed E-state index contributed by atoms with van der Waals surface area (Å²) in [5.41, 5.74) is 6.73. The molecule has 1 rings (SSSR count). The van der Waals surface area contributed by atoms with Crippen molar-refractivity contribution in [1.29, 1.82) is 0 Å². The molecule has 2 N–H and O–H groups in total. The Hall–Kier alpha value is -0.410. The minimum Gasteiger partial charge on any atom is -0.324 e. The van der Waals surface area contributed by atoms with Gasteiger partial charge in [0, 0.05) is 6.04 Å². The Labute approximate surface area is 86.3 Å². The van der Waals surface area contributed by atoms with E-state index in [2.05, 4.69) is 22.9 Å². The van der Waals surface area contributed by atoms with Gasteiger partial charge in [-0.05, 0) is 34.0 Å². The molecule has 0 aromatic heterocycles. The normalized spacial score (nSPS) is 12.9. The van der Waals surface area contributed by atoms with Crippen LogP contribution in [0.5, 0.6) is 0 Å². The van der Waals surface area contributed by atoms with Gasteiger partial charge in [0.25, 0.3) is 0 Å². The molecule has 0 spiro atoms. The number of nitrogens with two attached hydrogens (primary N) is 1. The maximum atomic E-state index is 13.1. The van der Waals surface area contributed by atoms with E-state index in [1.807, 2.05) is 6.07 Å². The molecule has 1 atom stereocenters. The molecular weight excluding hydrogens is 233 g/mol. The largest absolute Gasteiger partial charge is 0.324 e. The molecule has 0 aliphatic rings. The van der Waals surface area contributed by atoms with Crippen molar-refractivity contribution >= 4 is 15.9 Å². The maximum Gasteiger partial charge on any atom is 0.137 e. The summed E-state index contributed by atoms with van der Waals surface area (Å²) in [6.07, 6.45) is 1.88. The third-order valence-electron chi connectivity index (χ3n) is 1.98. The van der Waals surface area contributed by atoms with Gasteiger partial charge < -0.3 is 5.73 Å². The summed E-state index contributed by atoms with van der Waals surface area (Å²) in [7, 11) is 0. The van der Waals surface area contributed by atoms with Gasteiger partial charge in [0.2, 0.25) is 0 Å². The average molecular weight is 246 g/mol. The fourth-order valence-corrected chi connectivity index (χ4v) is 1.83. The van der Waals surface area contributed by atoms with Crippen LogP contribution in [0.1, 0.15) is 31.4 Å². The molecule has 0 aliphatic carbocycles. The predicted molar refractivity (Wildman–Crippen MR) is 55.9 cm³/mol. The second kappa shape index (κ2) is 4.72. The number of hydrogen-bond acceptors (Lipinski definition) is 1.